The van der Waals surface area contributed by atoms with Gasteiger partial charge in [0.1, 0.15) is 11.8 Å². The van der Waals surface area contributed by atoms with Gasteiger partial charge in [-0.2, -0.15) is 4.72 Å². The zero-order chi connectivity index (χ0) is 22.4. The zero-order valence-corrected chi connectivity index (χ0v) is 20.2. The van der Waals surface area contributed by atoms with Crippen LogP contribution in [0.4, 0.5) is 5.69 Å². The lowest BCUT2D eigenvalue weighted by atomic mass is 10.1. The highest BCUT2D eigenvalue weighted by Crippen LogP contribution is 2.27. The number of methoxy groups -OCH3 is 1. The Morgan fingerprint density at radius 3 is 2.35 bits per heavy atom. The molecule has 0 saturated heterocycles. The number of amides is 1. The first-order valence-electron chi connectivity index (χ1n) is 9.25. The normalized spacial score (nSPS) is 12.2. The van der Waals surface area contributed by atoms with Gasteiger partial charge in [-0.3, -0.25) is 4.79 Å². The molecule has 0 bridgehead atoms. The second-order valence-electron chi connectivity index (χ2n) is 6.66. The molecule has 0 saturated carbocycles. The van der Waals surface area contributed by atoms with Crippen molar-refractivity contribution in [1.82, 2.24) is 4.72 Å². The summed E-state index contributed by atoms with van der Waals surface area (Å²) in [5.41, 5.74) is 1.40. The average molecular weight is 571 g/mol. The minimum atomic E-state index is -4.02. The largest absolute Gasteiger partial charge is 0.495 e. The second kappa shape index (κ2) is 10.4. The van der Waals surface area contributed by atoms with E-state index in [1.807, 2.05) is 42.5 Å². The van der Waals surface area contributed by atoms with Crippen LogP contribution in [-0.2, 0) is 21.2 Å². The number of halogens is 2. The molecule has 0 aliphatic carbocycles. The maximum atomic E-state index is 13.0. The van der Waals surface area contributed by atoms with Gasteiger partial charge in [0.25, 0.3) is 0 Å². The molecule has 0 aliphatic rings. The quantitative estimate of drug-likeness (QED) is 0.391. The maximum absolute atomic E-state index is 13.0. The summed E-state index contributed by atoms with van der Waals surface area (Å²) in [6.07, 6.45) is 0.181. The molecular formula is C22H20ClIN2O4S. The summed E-state index contributed by atoms with van der Waals surface area (Å²) in [6.45, 7) is 0. The maximum Gasteiger partial charge on any atom is 0.242 e. The van der Waals surface area contributed by atoms with E-state index < -0.39 is 22.0 Å². The van der Waals surface area contributed by atoms with Gasteiger partial charge in [0, 0.05) is 9.26 Å². The number of carbonyl (C=O) groups is 1. The third-order valence-corrected chi connectivity index (χ3v) is 6.93. The zero-order valence-electron chi connectivity index (χ0n) is 16.5. The first-order chi connectivity index (χ1) is 14.8. The Balaban J connectivity index is 1.87. The van der Waals surface area contributed by atoms with Crippen LogP contribution in [0, 0.1) is 3.57 Å². The van der Waals surface area contributed by atoms with Gasteiger partial charge < -0.3 is 10.1 Å². The third kappa shape index (κ3) is 6.42. The fourth-order valence-electron chi connectivity index (χ4n) is 2.87. The van der Waals surface area contributed by atoms with Crippen molar-refractivity contribution in [2.45, 2.75) is 17.4 Å². The molecule has 9 heteroatoms. The minimum Gasteiger partial charge on any atom is -0.495 e. The van der Waals surface area contributed by atoms with E-state index in [1.54, 1.807) is 12.1 Å². The van der Waals surface area contributed by atoms with Crippen LogP contribution in [0.2, 0.25) is 5.02 Å². The minimum absolute atomic E-state index is 0.0570. The number of benzene rings is 3. The lowest BCUT2D eigenvalue weighted by Gasteiger charge is -2.19. The Morgan fingerprint density at radius 2 is 1.74 bits per heavy atom. The van der Waals surface area contributed by atoms with Crippen LogP contribution in [0.3, 0.4) is 0 Å². The lowest BCUT2D eigenvalue weighted by molar-refractivity contribution is -0.117. The fourth-order valence-corrected chi connectivity index (χ4v) is 4.77. The molecular weight excluding hydrogens is 551 g/mol. The fraction of sp³-hybridized carbons (Fsp3) is 0.136. The van der Waals surface area contributed by atoms with Crippen LogP contribution in [0.5, 0.6) is 5.75 Å². The Labute approximate surface area is 200 Å². The van der Waals surface area contributed by atoms with Crippen molar-refractivity contribution in [1.29, 1.82) is 0 Å². The molecule has 3 aromatic rings. The van der Waals surface area contributed by atoms with E-state index in [2.05, 4.69) is 32.6 Å². The van der Waals surface area contributed by atoms with Gasteiger partial charge in [0.05, 0.1) is 17.0 Å². The summed E-state index contributed by atoms with van der Waals surface area (Å²) in [5, 5.41) is 2.94. The molecule has 0 aliphatic heterocycles. The van der Waals surface area contributed by atoms with Gasteiger partial charge in [-0.25, -0.2) is 8.42 Å². The van der Waals surface area contributed by atoms with E-state index >= 15 is 0 Å². The first-order valence-corrected chi connectivity index (χ1v) is 12.2. The summed E-state index contributed by atoms with van der Waals surface area (Å²) in [7, 11) is -2.58. The molecule has 0 aromatic heterocycles. The molecule has 31 heavy (non-hydrogen) atoms. The number of anilines is 1. The van der Waals surface area contributed by atoms with E-state index in [-0.39, 0.29) is 16.3 Å². The molecule has 1 amide bonds. The van der Waals surface area contributed by atoms with Gasteiger partial charge in [-0.05, 0) is 77.0 Å². The van der Waals surface area contributed by atoms with Gasteiger partial charge in [0.2, 0.25) is 15.9 Å². The summed E-state index contributed by atoms with van der Waals surface area (Å²) in [4.78, 5) is 12.9. The Kier molecular flexibility index (Phi) is 7.93. The van der Waals surface area contributed by atoms with E-state index in [9.17, 15) is 13.2 Å². The van der Waals surface area contributed by atoms with Gasteiger partial charge >= 0.3 is 0 Å². The van der Waals surface area contributed by atoms with E-state index in [1.165, 1.54) is 25.3 Å². The third-order valence-electron chi connectivity index (χ3n) is 4.44. The van der Waals surface area contributed by atoms with Crippen molar-refractivity contribution in [2.24, 2.45) is 0 Å². The van der Waals surface area contributed by atoms with Crippen LogP contribution in [-0.4, -0.2) is 27.5 Å². The number of sulfonamides is 1. The van der Waals surface area contributed by atoms with E-state index in [4.69, 9.17) is 16.3 Å². The predicted molar refractivity (Wildman–Crippen MR) is 130 cm³/mol. The van der Waals surface area contributed by atoms with Crippen molar-refractivity contribution in [3.05, 3.63) is 87.0 Å². The summed E-state index contributed by atoms with van der Waals surface area (Å²) >= 11 is 8.25. The number of ether oxygens (including phenoxy) is 1. The van der Waals surface area contributed by atoms with Crippen molar-refractivity contribution >= 4 is 55.8 Å². The molecule has 162 valence electrons. The average Bonchev–Trinajstić information content (AvgIpc) is 2.75. The number of carbonyl (C=O) groups excluding carboxylic acids is 1. The molecule has 2 N–H and O–H groups in total. The van der Waals surface area contributed by atoms with Gasteiger partial charge in [0.15, 0.2) is 0 Å². The molecule has 3 aromatic carbocycles. The smallest absolute Gasteiger partial charge is 0.242 e. The number of hydrogen-bond donors (Lipinski definition) is 2. The van der Waals surface area contributed by atoms with Crippen molar-refractivity contribution in [3.63, 3.8) is 0 Å². The standard InChI is InChI=1S/C22H20ClIN2O4S/c1-30-21-12-11-18(14-19(21)23)31(28,29)26-20(13-15-5-3-2-4-6-15)22(27)25-17-9-7-16(24)8-10-17/h2-12,14,20,26H,13H2,1H3,(H,25,27). The highest BCUT2D eigenvalue weighted by Gasteiger charge is 2.27. The van der Waals surface area contributed by atoms with Crippen LogP contribution < -0.4 is 14.8 Å². The molecule has 6 nitrogen and oxygen atoms in total. The van der Waals surface area contributed by atoms with Gasteiger partial charge in [-0.1, -0.05) is 41.9 Å². The highest BCUT2D eigenvalue weighted by molar-refractivity contribution is 14.1. The summed E-state index contributed by atoms with van der Waals surface area (Å²) in [6, 6.07) is 19.5. The monoisotopic (exact) mass is 570 g/mol. The molecule has 3 rings (SSSR count). The van der Waals surface area contributed by atoms with Crippen LogP contribution >= 0.6 is 34.2 Å². The van der Waals surface area contributed by atoms with Crippen LogP contribution in [0.1, 0.15) is 5.56 Å². The van der Waals surface area contributed by atoms with Gasteiger partial charge in [-0.15, -0.1) is 0 Å². The first kappa shape index (κ1) is 23.5. The topological polar surface area (TPSA) is 84.5 Å². The van der Waals surface area contributed by atoms with Crippen molar-refractivity contribution in [2.75, 3.05) is 12.4 Å². The molecule has 1 unspecified atom stereocenters. The Hall–Kier alpha value is -2.14. The van der Waals surface area contributed by atoms with Crippen LogP contribution in [0.15, 0.2) is 77.7 Å². The number of nitrogens with one attached hydrogen (secondary N) is 2. The summed E-state index contributed by atoms with van der Waals surface area (Å²) < 4.78 is 34.6. The molecule has 0 radical (unpaired) electrons. The van der Waals surface area contributed by atoms with Crippen molar-refractivity contribution in [3.8, 4) is 5.75 Å². The molecule has 0 fully saturated rings. The molecule has 0 heterocycles. The highest BCUT2D eigenvalue weighted by atomic mass is 127. The number of rotatable bonds is 8. The second-order valence-corrected chi connectivity index (χ2v) is 10.0. The summed E-state index contributed by atoms with van der Waals surface area (Å²) in [5.74, 6) is -0.105. The predicted octanol–water partition coefficient (Wildman–Crippen LogP) is 4.48. The Bertz CT molecular complexity index is 1160. The van der Waals surface area contributed by atoms with Crippen LogP contribution in [0.25, 0.3) is 0 Å². The lowest BCUT2D eigenvalue weighted by Crippen LogP contribution is -2.45. The SMILES string of the molecule is COc1ccc(S(=O)(=O)NC(Cc2ccccc2)C(=O)Nc2ccc(I)cc2)cc1Cl. The van der Waals surface area contributed by atoms with E-state index in [0.29, 0.717) is 11.4 Å². The van der Waals surface area contributed by atoms with E-state index in [0.717, 1.165) is 9.13 Å². The Morgan fingerprint density at radius 1 is 1.06 bits per heavy atom. The molecule has 1 atom stereocenters. The number of hydrogen-bond acceptors (Lipinski definition) is 4. The van der Waals surface area contributed by atoms with Crippen molar-refractivity contribution < 1.29 is 17.9 Å². The molecule has 0 spiro atoms.